The first-order valence-electron chi connectivity index (χ1n) is 4.60. The largest absolute Gasteiger partial charge is 0.409 e. The van der Waals surface area contributed by atoms with E-state index >= 15 is 0 Å². The Balaban J connectivity index is 2.51. The zero-order valence-corrected chi connectivity index (χ0v) is 9.78. The number of rotatable bonds is 4. The second kappa shape index (κ2) is 5.40. The van der Waals surface area contributed by atoms with Crippen molar-refractivity contribution in [2.45, 2.75) is 13.8 Å². The molecule has 4 N–H and O–H groups in total. The maximum Gasteiger partial charge on any atom is 0.264 e. The van der Waals surface area contributed by atoms with E-state index in [4.69, 9.17) is 10.9 Å². The first kappa shape index (κ1) is 12.4. The minimum atomic E-state index is -0.245. The molecule has 1 aromatic rings. The van der Waals surface area contributed by atoms with E-state index in [-0.39, 0.29) is 17.7 Å². The fourth-order valence-electron chi connectivity index (χ4n) is 0.969. The van der Waals surface area contributed by atoms with Gasteiger partial charge in [-0.1, -0.05) is 16.6 Å². The van der Waals surface area contributed by atoms with Crippen LogP contribution in [0.4, 0.5) is 0 Å². The van der Waals surface area contributed by atoms with Crippen LogP contribution in [0.1, 0.15) is 22.3 Å². The Morgan fingerprint density at radius 2 is 2.44 bits per heavy atom. The lowest BCUT2D eigenvalue weighted by Gasteiger charge is -2.09. The molecule has 1 rings (SSSR count). The average molecular weight is 243 g/mol. The molecule has 0 aliphatic carbocycles. The molecule has 0 aliphatic heterocycles. The summed E-state index contributed by atoms with van der Waals surface area (Å²) in [5.74, 6) is -0.389. The standard InChI is InChI=1S/C8H13N5O2S/c1-4(7(9)12-15)3-10-8(14)6-5(2)11-13-16-6/h4,15H,3H2,1-2H3,(H2,9,12)(H,10,14). The highest BCUT2D eigenvalue weighted by Crippen LogP contribution is 2.08. The zero-order valence-electron chi connectivity index (χ0n) is 8.97. The Morgan fingerprint density at radius 3 is 2.94 bits per heavy atom. The van der Waals surface area contributed by atoms with Crippen LogP contribution in [0.15, 0.2) is 5.16 Å². The molecule has 0 fully saturated rings. The smallest absolute Gasteiger partial charge is 0.264 e. The second-order valence-corrected chi connectivity index (χ2v) is 4.08. The third-order valence-electron chi connectivity index (χ3n) is 2.05. The monoisotopic (exact) mass is 243 g/mol. The van der Waals surface area contributed by atoms with Crippen molar-refractivity contribution in [3.8, 4) is 0 Å². The first-order valence-corrected chi connectivity index (χ1v) is 5.38. The van der Waals surface area contributed by atoms with Gasteiger partial charge in [-0.15, -0.1) is 5.10 Å². The molecule has 0 saturated heterocycles. The highest BCUT2D eigenvalue weighted by Gasteiger charge is 2.15. The lowest BCUT2D eigenvalue weighted by Crippen LogP contribution is -2.34. The highest BCUT2D eigenvalue weighted by atomic mass is 32.1. The van der Waals surface area contributed by atoms with E-state index < -0.39 is 0 Å². The molecule has 16 heavy (non-hydrogen) atoms. The molecule has 8 heteroatoms. The Hall–Kier alpha value is -1.70. The molecule has 7 nitrogen and oxygen atoms in total. The summed E-state index contributed by atoms with van der Waals surface area (Å²) < 4.78 is 3.66. The van der Waals surface area contributed by atoms with E-state index in [1.807, 2.05) is 0 Å². The normalized spacial score (nSPS) is 13.5. The van der Waals surface area contributed by atoms with E-state index in [1.54, 1.807) is 13.8 Å². The van der Waals surface area contributed by atoms with Gasteiger partial charge >= 0.3 is 0 Å². The minimum absolute atomic E-state index is 0.0828. The molecule has 1 amide bonds. The summed E-state index contributed by atoms with van der Waals surface area (Å²) in [6.07, 6.45) is 0. The van der Waals surface area contributed by atoms with Gasteiger partial charge in [-0.25, -0.2) is 0 Å². The van der Waals surface area contributed by atoms with Gasteiger partial charge in [0.05, 0.1) is 5.69 Å². The highest BCUT2D eigenvalue weighted by molar-refractivity contribution is 7.07. The number of nitrogens with two attached hydrogens (primary N) is 1. The topological polar surface area (TPSA) is 113 Å². The molecular weight excluding hydrogens is 230 g/mol. The number of nitrogens with zero attached hydrogens (tertiary/aromatic N) is 3. The van der Waals surface area contributed by atoms with Crippen molar-refractivity contribution in [1.82, 2.24) is 14.9 Å². The van der Waals surface area contributed by atoms with Crippen molar-refractivity contribution in [3.63, 3.8) is 0 Å². The van der Waals surface area contributed by atoms with Gasteiger partial charge in [0.25, 0.3) is 5.91 Å². The van der Waals surface area contributed by atoms with Gasteiger partial charge in [0, 0.05) is 12.5 Å². The summed E-state index contributed by atoms with van der Waals surface area (Å²) in [6, 6.07) is 0. The van der Waals surface area contributed by atoms with Crippen LogP contribution in [0.25, 0.3) is 0 Å². The molecule has 1 atom stereocenters. The molecule has 0 spiro atoms. The van der Waals surface area contributed by atoms with E-state index in [9.17, 15) is 4.79 Å². The summed E-state index contributed by atoms with van der Waals surface area (Å²) in [7, 11) is 0. The number of oxime groups is 1. The van der Waals surface area contributed by atoms with Gasteiger partial charge in [0.2, 0.25) is 0 Å². The predicted molar refractivity (Wildman–Crippen MR) is 59.6 cm³/mol. The summed E-state index contributed by atoms with van der Waals surface area (Å²) in [4.78, 5) is 12.1. The molecular formula is C8H13N5O2S. The molecule has 1 heterocycles. The number of amides is 1. The van der Waals surface area contributed by atoms with Gasteiger partial charge in [0.1, 0.15) is 10.7 Å². The second-order valence-electron chi connectivity index (χ2n) is 3.32. The number of hydrogen-bond donors (Lipinski definition) is 3. The Morgan fingerprint density at radius 1 is 1.75 bits per heavy atom. The number of aromatic nitrogens is 2. The van der Waals surface area contributed by atoms with Crippen LogP contribution in [-0.4, -0.2) is 33.1 Å². The number of carbonyl (C=O) groups is 1. The van der Waals surface area contributed by atoms with Crippen molar-refractivity contribution in [3.05, 3.63) is 10.6 Å². The molecule has 1 aromatic heterocycles. The summed E-state index contributed by atoms with van der Waals surface area (Å²) >= 11 is 1.04. The van der Waals surface area contributed by atoms with Gasteiger partial charge in [0.15, 0.2) is 0 Å². The van der Waals surface area contributed by atoms with Crippen molar-refractivity contribution < 1.29 is 10.0 Å². The SMILES string of the molecule is Cc1nnsc1C(=O)NCC(C)C(N)=NO. The average Bonchev–Trinajstić information content (AvgIpc) is 2.70. The Bertz CT molecular complexity index is 403. The fourth-order valence-corrected chi connectivity index (χ4v) is 1.54. The lowest BCUT2D eigenvalue weighted by atomic mass is 10.1. The number of carbonyl (C=O) groups excluding carboxylic acids is 1. The number of hydrogen-bond acceptors (Lipinski definition) is 6. The van der Waals surface area contributed by atoms with Crippen LogP contribution in [0.2, 0.25) is 0 Å². The summed E-state index contributed by atoms with van der Waals surface area (Å²) in [6.45, 7) is 3.75. The predicted octanol–water partition coefficient (Wildman–Crippen LogP) is -0.0412. The third-order valence-corrected chi connectivity index (χ3v) is 2.87. The molecule has 1 unspecified atom stereocenters. The van der Waals surface area contributed by atoms with Crippen LogP contribution >= 0.6 is 11.5 Å². The number of aryl methyl sites for hydroxylation is 1. The van der Waals surface area contributed by atoms with Gasteiger partial charge < -0.3 is 16.3 Å². The third kappa shape index (κ3) is 2.89. The van der Waals surface area contributed by atoms with Crippen LogP contribution in [0, 0.1) is 12.8 Å². The van der Waals surface area contributed by atoms with E-state index in [0.29, 0.717) is 17.1 Å². The van der Waals surface area contributed by atoms with Crippen LogP contribution in [-0.2, 0) is 0 Å². The van der Waals surface area contributed by atoms with Gasteiger partial charge in [-0.05, 0) is 18.5 Å². The summed E-state index contributed by atoms with van der Waals surface area (Å²) in [5, 5.41) is 17.7. The molecule has 88 valence electrons. The maximum absolute atomic E-state index is 11.6. The maximum atomic E-state index is 11.6. The van der Waals surface area contributed by atoms with Crippen LogP contribution in [0.5, 0.6) is 0 Å². The summed E-state index contributed by atoms with van der Waals surface area (Å²) in [5.41, 5.74) is 5.97. The van der Waals surface area contributed by atoms with E-state index in [2.05, 4.69) is 20.1 Å². The molecule has 0 aromatic carbocycles. The van der Waals surface area contributed by atoms with Gasteiger partial charge in [-0.3, -0.25) is 4.79 Å². The number of nitrogens with one attached hydrogen (secondary N) is 1. The molecule has 0 radical (unpaired) electrons. The Labute approximate surface area is 96.5 Å². The van der Waals surface area contributed by atoms with E-state index in [1.165, 1.54) is 0 Å². The van der Waals surface area contributed by atoms with Gasteiger partial charge in [-0.2, -0.15) is 0 Å². The van der Waals surface area contributed by atoms with Crippen molar-refractivity contribution >= 4 is 23.3 Å². The van der Waals surface area contributed by atoms with Crippen molar-refractivity contribution in [2.75, 3.05) is 6.54 Å². The van der Waals surface area contributed by atoms with Crippen LogP contribution in [0.3, 0.4) is 0 Å². The molecule has 0 bridgehead atoms. The quantitative estimate of drug-likeness (QED) is 0.297. The van der Waals surface area contributed by atoms with Crippen molar-refractivity contribution in [1.29, 1.82) is 0 Å². The molecule has 0 aliphatic rings. The number of amidine groups is 1. The zero-order chi connectivity index (χ0) is 12.1. The first-order chi connectivity index (χ1) is 7.56. The van der Waals surface area contributed by atoms with E-state index in [0.717, 1.165) is 11.5 Å². The van der Waals surface area contributed by atoms with Crippen molar-refractivity contribution in [2.24, 2.45) is 16.8 Å². The Kier molecular flexibility index (Phi) is 4.18. The van der Waals surface area contributed by atoms with Crippen LogP contribution < -0.4 is 11.1 Å². The minimum Gasteiger partial charge on any atom is -0.409 e. The lowest BCUT2D eigenvalue weighted by molar-refractivity contribution is 0.0954. The fraction of sp³-hybridized carbons (Fsp3) is 0.500. The molecule has 0 saturated carbocycles.